The zero-order chi connectivity index (χ0) is 23.0. The lowest BCUT2D eigenvalue weighted by molar-refractivity contribution is -0.145. The quantitative estimate of drug-likeness (QED) is 0.358. The molecule has 10 heteroatoms. The first-order valence-corrected chi connectivity index (χ1v) is 12.5. The first kappa shape index (κ1) is 25.5. The van der Waals surface area contributed by atoms with Crippen LogP contribution in [0.2, 0.25) is 0 Å². The van der Waals surface area contributed by atoms with Crippen LogP contribution in [0.1, 0.15) is 52.4 Å². The highest BCUT2D eigenvalue weighted by atomic mass is 32.2. The molecule has 0 bridgehead atoms. The Morgan fingerprint density at radius 1 is 1.10 bits per heavy atom. The maximum absolute atomic E-state index is 13.3. The molecule has 31 heavy (non-hydrogen) atoms. The van der Waals surface area contributed by atoms with Gasteiger partial charge in [0.25, 0.3) is 0 Å². The number of thioether (sulfide) groups is 1. The second-order valence-electron chi connectivity index (χ2n) is 8.71. The maximum Gasteiger partial charge on any atom is 0.326 e. The molecular formula is C21H36N4O5S. The average molecular weight is 457 g/mol. The molecule has 4 atom stereocenters. The summed E-state index contributed by atoms with van der Waals surface area (Å²) in [7, 11) is 0. The molecule has 0 aliphatic carbocycles. The minimum absolute atomic E-state index is 0.181. The van der Waals surface area contributed by atoms with E-state index in [9.17, 15) is 24.3 Å². The van der Waals surface area contributed by atoms with Crippen molar-refractivity contribution in [1.29, 1.82) is 0 Å². The highest BCUT2D eigenvalue weighted by Gasteiger charge is 2.39. The molecule has 3 amide bonds. The number of nitrogens with zero attached hydrogens (tertiary/aromatic N) is 1. The molecule has 0 aromatic rings. The van der Waals surface area contributed by atoms with Crippen LogP contribution in [0.3, 0.4) is 0 Å². The van der Waals surface area contributed by atoms with Crippen molar-refractivity contribution >= 4 is 35.5 Å². The van der Waals surface area contributed by atoms with Gasteiger partial charge < -0.3 is 26.0 Å². The fourth-order valence-electron chi connectivity index (χ4n) is 4.14. The van der Waals surface area contributed by atoms with E-state index in [-0.39, 0.29) is 23.8 Å². The molecule has 2 saturated heterocycles. The van der Waals surface area contributed by atoms with E-state index < -0.39 is 30.0 Å². The molecule has 0 radical (unpaired) electrons. The second-order valence-corrected chi connectivity index (χ2v) is 9.70. The first-order valence-electron chi connectivity index (χ1n) is 11.1. The Bertz CT molecular complexity index is 654. The third-order valence-corrected chi connectivity index (χ3v) is 6.41. The zero-order valence-electron chi connectivity index (χ0n) is 18.7. The number of nitrogens with one attached hydrogen (secondary N) is 3. The predicted molar refractivity (Wildman–Crippen MR) is 120 cm³/mol. The Morgan fingerprint density at radius 2 is 1.81 bits per heavy atom. The summed E-state index contributed by atoms with van der Waals surface area (Å²) in [6.45, 7) is 5.18. The molecule has 4 N–H and O–H groups in total. The molecule has 2 aliphatic heterocycles. The molecule has 0 saturated carbocycles. The van der Waals surface area contributed by atoms with Crippen LogP contribution in [0.15, 0.2) is 0 Å². The van der Waals surface area contributed by atoms with Crippen LogP contribution in [-0.2, 0) is 19.2 Å². The van der Waals surface area contributed by atoms with Crippen molar-refractivity contribution in [1.82, 2.24) is 20.9 Å². The van der Waals surface area contributed by atoms with Crippen LogP contribution in [0.5, 0.6) is 0 Å². The number of carbonyl (C=O) groups excluding carboxylic acids is 3. The summed E-state index contributed by atoms with van der Waals surface area (Å²) in [5.41, 5.74) is 0. The summed E-state index contributed by atoms with van der Waals surface area (Å²) in [5, 5.41) is 18.0. The summed E-state index contributed by atoms with van der Waals surface area (Å²) in [5.74, 6) is -1.17. The Kier molecular flexibility index (Phi) is 10.1. The van der Waals surface area contributed by atoms with Gasteiger partial charge in [-0.25, -0.2) is 4.79 Å². The summed E-state index contributed by atoms with van der Waals surface area (Å²) < 4.78 is 0. The third kappa shape index (κ3) is 7.38. The van der Waals surface area contributed by atoms with Gasteiger partial charge in [-0.1, -0.05) is 13.8 Å². The average Bonchev–Trinajstić information content (AvgIpc) is 3.41. The topological polar surface area (TPSA) is 128 Å². The molecule has 2 fully saturated rings. The van der Waals surface area contributed by atoms with Crippen LogP contribution in [-0.4, -0.2) is 83.0 Å². The lowest BCUT2D eigenvalue weighted by Crippen LogP contribution is -2.57. The predicted octanol–water partition coefficient (Wildman–Crippen LogP) is 0.583. The number of aliphatic carboxylic acids is 1. The normalized spacial score (nSPS) is 22.9. The molecule has 2 heterocycles. The molecule has 4 unspecified atom stereocenters. The number of amides is 3. The number of likely N-dealkylation sites (tertiary alicyclic amines) is 1. The van der Waals surface area contributed by atoms with Crippen molar-refractivity contribution in [3.8, 4) is 0 Å². The summed E-state index contributed by atoms with van der Waals surface area (Å²) >= 11 is 1.51. The van der Waals surface area contributed by atoms with E-state index in [0.29, 0.717) is 38.0 Å². The van der Waals surface area contributed by atoms with Crippen LogP contribution in [0.25, 0.3) is 0 Å². The SMILES string of the molecule is CSCCC(NC(=O)C1CCCN1C(=O)C(CC(C)C)NC(=O)C1CCCN1)C(=O)O. The van der Waals surface area contributed by atoms with Crippen LogP contribution < -0.4 is 16.0 Å². The highest BCUT2D eigenvalue weighted by molar-refractivity contribution is 7.98. The number of carboxylic acid groups (broad SMARTS) is 1. The molecule has 176 valence electrons. The standard InChI is InChI=1S/C21H36N4O5S/c1-13(2)12-16(24-18(26)14-6-4-9-22-14)20(28)25-10-5-7-17(25)19(27)23-15(21(29)30)8-11-31-3/h13-17,22H,4-12H2,1-3H3,(H,23,27)(H,24,26)(H,29,30). The van der Waals surface area contributed by atoms with Gasteiger partial charge in [0.2, 0.25) is 17.7 Å². The Hall–Kier alpha value is -1.81. The van der Waals surface area contributed by atoms with Gasteiger partial charge in [-0.05, 0) is 63.0 Å². The summed E-state index contributed by atoms with van der Waals surface area (Å²) in [6.07, 6.45) is 5.50. The van der Waals surface area contributed by atoms with Crippen LogP contribution >= 0.6 is 11.8 Å². The lowest BCUT2D eigenvalue weighted by Gasteiger charge is -2.30. The lowest BCUT2D eigenvalue weighted by atomic mass is 10.0. The van der Waals surface area contributed by atoms with E-state index in [2.05, 4.69) is 16.0 Å². The fraction of sp³-hybridized carbons (Fsp3) is 0.810. The smallest absolute Gasteiger partial charge is 0.326 e. The van der Waals surface area contributed by atoms with E-state index in [1.165, 1.54) is 16.7 Å². The molecule has 0 aromatic heterocycles. The van der Waals surface area contributed by atoms with Crippen molar-refractivity contribution < 1.29 is 24.3 Å². The number of carbonyl (C=O) groups is 4. The van der Waals surface area contributed by atoms with E-state index in [4.69, 9.17) is 0 Å². The maximum atomic E-state index is 13.3. The van der Waals surface area contributed by atoms with Gasteiger partial charge in [-0.15, -0.1) is 0 Å². The molecule has 0 spiro atoms. The molecule has 9 nitrogen and oxygen atoms in total. The number of hydrogen-bond acceptors (Lipinski definition) is 6. The Balaban J connectivity index is 2.06. The van der Waals surface area contributed by atoms with E-state index >= 15 is 0 Å². The van der Waals surface area contributed by atoms with Gasteiger partial charge >= 0.3 is 5.97 Å². The van der Waals surface area contributed by atoms with Gasteiger partial charge in [-0.2, -0.15) is 11.8 Å². The molecule has 2 rings (SSSR count). The zero-order valence-corrected chi connectivity index (χ0v) is 19.5. The van der Waals surface area contributed by atoms with Crippen LogP contribution in [0, 0.1) is 5.92 Å². The van der Waals surface area contributed by atoms with E-state index in [0.717, 1.165) is 19.4 Å². The number of rotatable bonds is 11. The number of hydrogen-bond donors (Lipinski definition) is 4. The van der Waals surface area contributed by atoms with Crippen molar-refractivity contribution in [2.75, 3.05) is 25.1 Å². The fourth-order valence-corrected chi connectivity index (χ4v) is 4.61. The van der Waals surface area contributed by atoms with E-state index in [1.54, 1.807) is 0 Å². The van der Waals surface area contributed by atoms with Gasteiger partial charge in [-0.3, -0.25) is 14.4 Å². The Morgan fingerprint density at radius 3 is 2.39 bits per heavy atom. The molecular weight excluding hydrogens is 420 g/mol. The minimum atomic E-state index is -1.08. The first-order chi connectivity index (χ1) is 14.7. The van der Waals surface area contributed by atoms with E-state index in [1.807, 2.05) is 20.1 Å². The molecule has 0 aromatic carbocycles. The number of carboxylic acids is 1. The third-order valence-electron chi connectivity index (χ3n) is 5.76. The highest BCUT2D eigenvalue weighted by Crippen LogP contribution is 2.21. The van der Waals surface area contributed by atoms with Crippen molar-refractivity contribution in [2.24, 2.45) is 5.92 Å². The van der Waals surface area contributed by atoms with Crippen molar-refractivity contribution in [2.45, 2.75) is 76.5 Å². The monoisotopic (exact) mass is 456 g/mol. The van der Waals surface area contributed by atoms with Crippen LogP contribution in [0.4, 0.5) is 0 Å². The van der Waals surface area contributed by atoms with Crippen molar-refractivity contribution in [3.63, 3.8) is 0 Å². The van der Waals surface area contributed by atoms with Gasteiger partial charge in [0.1, 0.15) is 18.1 Å². The Labute approximate surface area is 188 Å². The van der Waals surface area contributed by atoms with Gasteiger partial charge in [0.15, 0.2) is 0 Å². The van der Waals surface area contributed by atoms with Gasteiger partial charge in [0.05, 0.1) is 6.04 Å². The van der Waals surface area contributed by atoms with Crippen molar-refractivity contribution in [3.05, 3.63) is 0 Å². The summed E-state index contributed by atoms with van der Waals surface area (Å²) in [4.78, 5) is 51.8. The second kappa shape index (κ2) is 12.3. The van der Waals surface area contributed by atoms with Gasteiger partial charge in [0, 0.05) is 6.54 Å². The summed E-state index contributed by atoms with van der Waals surface area (Å²) in [6, 6.07) is -2.67. The minimum Gasteiger partial charge on any atom is -0.480 e. The molecule has 2 aliphatic rings. The largest absolute Gasteiger partial charge is 0.480 e.